The molecule has 27 heavy (non-hydrogen) atoms. The summed E-state index contributed by atoms with van der Waals surface area (Å²) in [5, 5.41) is 0. The smallest absolute Gasteiger partial charge is 1.00 e. The Balaban J connectivity index is 0.00000131. The van der Waals surface area contributed by atoms with Crippen molar-refractivity contribution in [3.05, 3.63) is 75.2 Å². The van der Waals surface area contributed by atoms with Gasteiger partial charge in [0.2, 0.25) is 0 Å². The molecule has 140 valence electrons. The molecule has 2 aromatic carbocycles. The second-order valence-electron chi connectivity index (χ2n) is 7.21. The average molecular weight is 433 g/mol. The van der Waals surface area contributed by atoms with E-state index in [0.29, 0.717) is 0 Å². The number of rotatable bonds is 7. The molecule has 2 aromatic rings. The molecule has 2 aliphatic carbocycles. The van der Waals surface area contributed by atoms with Crippen molar-refractivity contribution in [2.45, 2.75) is 51.9 Å². The molecule has 0 unspecified atom stereocenters. The molecule has 0 N–H and O–H groups in total. The van der Waals surface area contributed by atoms with Crippen LogP contribution in [0.4, 0.5) is 0 Å². The summed E-state index contributed by atoms with van der Waals surface area (Å²) in [7, 11) is 0. The van der Waals surface area contributed by atoms with Gasteiger partial charge in [0.15, 0.2) is 0 Å². The predicted octanol–water partition coefficient (Wildman–Crippen LogP) is 0.158. The van der Waals surface area contributed by atoms with Gasteiger partial charge in [-0.2, -0.15) is 0 Å². The van der Waals surface area contributed by atoms with Crippen molar-refractivity contribution in [2.75, 3.05) is 0 Å². The van der Waals surface area contributed by atoms with E-state index in [4.69, 9.17) is 0 Å². The Hall–Kier alpha value is -0.786. The summed E-state index contributed by atoms with van der Waals surface area (Å²) in [6, 6.07) is 16.0. The number of halogens is 2. The molecule has 0 aliphatic heterocycles. The van der Waals surface area contributed by atoms with E-state index in [1.54, 1.807) is 18.9 Å². The molecule has 0 bridgehead atoms. The molecule has 0 heterocycles. The topological polar surface area (TPSA) is 0 Å². The van der Waals surface area contributed by atoms with Crippen LogP contribution in [-0.2, 0) is 25.6 Å². The van der Waals surface area contributed by atoms with Crippen LogP contribution in [0.15, 0.2) is 64.1 Å². The monoisotopic (exact) mass is 432 g/mol. The van der Waals surface area contributed by atoms with E-state index < -0.39 is 0 Å². The Morgan fingerprint density at radius 3 is 2.56 bits per heavy atom. The van der Waals surface area contributed by atoms with Gasteiger partial charge in [0.05, 0.1) is 0 Å². The zero-order valence-electron chi connectivity index (χ0n) is 15.9. The average Bonchev–Trinajstić information content (AvgIpc) is 3.24. The standard InChI is InChI=1S/C13H9.C11H17.2ClH.Ti/c1-3-7-12-10(5-1)9-11-6-2-4-8-13(11)12;1-2-3-4-5-8-11-9-6-7-10-11;;;/h1-5,7-8H,9H2;6,9H,2-5,7-8H2,1H3;2*1H;/q;;;;+2/p-2. The van der Waals surface area contributed by atoms with Gasteiger partial charge in [-0.1, -0.05) is 0 Å². The summed E-state index contributed by atoms with van der Waals surface area (Å²) in [6.45, 7) is 2.29. The van der Waals surface area contributed by atoms with E-state index in [-0.39, 0.29) is 44.0 Å². The summed E-state index contributed by atoms with van der Waals surface area (Å²) >= 11 is -0.194. The van der Waals surface area contributed by atoms with E-state index in [0.717, 1.165) is 6.42 Å². The van der Waals surface area contributed by atoms with E-state index in [1.807, 2.05) is 0 Å². The number of allylic oxidation sites excluding steroid dienone is 4. The van der Waals surface area contributed by atoms with Crippen LogP contribution >= 0.6 is 0 Å². The quantitative estimate of drug-likeness (QED) is 0.368. The molecule has 0 atom stereocenters. The second-order valence-corrected chi connectivity index (χ2v) is 9.39. The van der Waals surface area contributed by atoms with E-state index >= 15 is 0 Å². The summed E-state index contributed by atoms with van der Waals surface area (Å²) in [6.07, 6.45) is 13.9. The first-order chi connectivity index (χ1) is 12.4. The molecule has 2 aliphatic rings. The van der Waals surface area contributed by atoms with Crippen molar-refractivity contribution < 1.29 is 44.0 Å². The van der Waals surface area contributed by atoms with Crippen molar-refractivity contribution in [3.63, 3.8) is 0 Å². The number of fused-ring (bicyclic) bond motifs is 3. The van der Waals surface area contributed by atoms with Crippen LogP contribution in [0.2, 0.25) is 0 Å². The number of benzene rings is 2. The van der Waals surface area contributed by atoms with Gasteiger partial charge < -0.3 is 24.8 Å². The number of hydrogen-bond acceptors (Lipinski definition) is 0. The van der Waals surface area contributed by atoms with Crippen LogP contribution < -0.4 is 28.7 Å². The Kier molecular flexibility index (Phi) is 8.90. The van der Waals surface area contributed by atoms with Crippen molar-refractivity contribution in [2.24, 2.45) is 0 Å². The molecule has 0 saturated heterocycles. The molecule has 0 aromatic heterocycles. The summed E-state index contributed by atoms with van der Waals surface area (Å²) in [4.78, 5) is 0. The van der Waals surface area contributed by atoms with E-state index in [1.165, 1.54) is 55.2 Å². The Labute approximate surface area is 185 Å². The van der Waals surface area contributed by atoms with Gasteiger partial charge in [-0.25, -0.2) is 0 Å². The zero-order valence-corrected chi connectivity index (χ0v) is 19.0. The van der Waals surface area contributed by atoms with E-state index in [2.05, 4.69) is 61.5 Å². The van der Waals surface area contributed by atoms with Crippen molar-refractivity contribution >= 4 is 3.87 Å². The fraction of sp³-hybridized carbons (Fsp3) is 0.333. The molecule has 0 fully saturated rings. The normalized spacial score (nSPS) is 13.5. The van der Waals surface area contributed by atoms with Crippen molar-refractivity contribution in [1.29, 1.82) is 0 Å². The van der Waals surface area contributed by atoms with Crippen LogP contribution in [0.3, 0.4) is 0 Å². The van der Waals surface area contributed by atoms with Crippen molar-refractivity contribution in [3.8, 4) is 11.1 Å². The first-order valence-electron chi connectivity index (χ1n) is 9.72. The van der Waals surface area contributed by atoms with Gasteiger partial charge in [0.1, 0.15) is 0 Å². The van der Waals surface area contributed by atoms with Crippen LogP contribution in [-0.4, -0.2) is 0 Å². The largest absolute Gasteiger partial charge is 1.00 e. The third kappa shape index (κ3) is 4.98. The predicted molar refractivity (Wildman–Crippen MR) is 104 cm³/mol. The maximum Gasteiger partial charge on any atom is -1.00 e. The maximum atomic E-state index is 2.42. The molecule has 0 radical (unpaired) electrons. The third-order valence-electron chi connectivity index (χ3n) is 5.46. The van der Waals surface area contributed by atoms with Gasteiger partial charge in [-0.15, -0.1) is 0 Å². The molecular weight excluding hydrogens is 407 g/mol. The van der Waals surface area contributed by atoms with Crippen LogP contribution in [0.5, 0.6) is 0 Å². The minimum atomic E-state index is -0.194. The first-order valence-corrected chi connectivity index (χ1v) is 11.3. The molecule has 3 heteroatoms. The number of unbranched alkanes of at least 4 members (excludes halogenated alkanes) is 3. The summed E-state index contributed by atoms with van der Waals surface area (Å²) in [5.41, 5.74) is 7.75. The molecule has 0 saturated carbocycles. The van der Waals surface area contributed by atoms with Gasteiger partial charge in [-0.3, -0.25) is 0 Å². The third-order valence-corrected chi connectivity index (χ3v) is 7.91. The molecule has 0 spiro atoms. The van der Waals surface area contributed by atoms with Crippen LogP contribution in [0.1, 0.15) is 56.6 Å². The summed E-state index contributed by atoms with van der Waals surface area (Å²) in [5.74, 6) is 0. The fourth-order valence-electron chi connectivity index (χ4n) is 4.10. The molecule has 0 amide bonds. The first kappa shape index (κ1) is 22.5. The zero-order chi connectivity index (χ0) is 17.1. The van der Waals surface area contributed by atoms with Gasteiger partial charge in [0, 0.05) is 0 Å². The minimum Gasteiger partial charge on any atom is -1.00 e. The van der Waals surface area contributed by atoms with Crippen LogP contribution in [0, 0.1) is 0 Å². The molecular formula is C24H26Cl2Ti. The van der Waals surface area contributed by atoms with Gasteiger partial charge in [0.25, 0.3) is 0 Å². The minimum absolute atomic E-state index is 0. The Morgan fingerprint density at radius 1 is 0.889 bits per heavy atom. The summed E-state index contributed by atoms with van der Waals surface area (Å²) < 4.78 is 3.44. The SMILES string of the molecule is CCCCCCC1=[C]([Ti+2][c]2cccc3c2Cc2ccccc2-3)CC=C1.[Cl-].[Cl-]. The second kappa shape index (κ2) is 10.7. The fourth-order valence-corrected chi connectivity index (χ4v) is 6.39. The molecule has 4 rings (SSSR count). The maximum absolute atomic E-state index is 2.42. The van der Waals surface area contributed by atoms with Crippen molar-refractivity contribution in [1.82, 2.24) is 0 Å². The van der Waals surface area contributed by atoms with Gasteiger partial charge in [-0.05, 0) is 0 Å². The molecule has 0 nitrogen and oxygen atoms in total. The Morgan fingerprint density at radius 2 is 1.70 bits per heavy atom. The number of hydrogen-bond donors (Lipinski definition) is 0. The Bertz CT molecular complexity index is 836. The van der Waals surface area contributed by atoms with Gasteiger partial charge >= 0.3 is 161 Å². The van der Waals surface area contributed by atoms with E-state index in [9.17, 15) is 0 Å². The van der Waals surface area contributed by atoms with Crippen LogP contribution in [0.25, 0.3) is 11.1 Å².